The summed E-state index contributed by atoms with van der Waals surface area (Å²) in [6.45, 7) is 6.13. The largest absolute Gasteiger partial charge is 0.309 e. The Balaban J connectivity index is 2.56. The SMILES string of the molecule is CC(C)(C)NCC(F)Cc1cc(F)ccc1Cl. The molecular weight excluding hydrogens is 244 g/mol. The number of nitrogens with one attached hydrogen (secondary N) is 1. The number of benzene rings is 1. The van der Waals surface area contributed by atoms with E-state index in [2.05, 4.69) is 5.32 Å². The summed E-state index contributed by atoms with van der Waals surface area (Å²) in [5.74, 6) is -0.389. The molecule has 0 heterocycles. The normalized spacial score (nSPS) is 13.8. The number of halogens is 3. The first-order chi connectivity index (χ1) is 7.78. The molecule has 1 aromatic rings. The van der Waals surface area contributed by atoms with Gasteiger partial charge in [-0.3, -0.25) is 0 Å². The van der Waals surface area contributed by atoms with Crippen molar-refractivity contribution in [3.63, 3.8) is 0 Å². The van der Waals surface area contributed by atoms with Crippen molar-refractivity contribution in [1.29, 1.82) is 0 Å². The molecule has 96 valence electrons. The van der Waals surface area contributed by atoms with Crippen molar-refractivity contribution in [2.75, 3.05) is 6.54 Å². The monoisotopic (exact) mass is 261 g/mol. The summed E-state index contributed by atoms with van der Waals surface area (Å²) in [5, 5.41) is 3.47. The van der Waals surface area contributed by atoms with Crippen LogP contribution >= 0.6 is 11.6 Å². The van der Waals surface area contributed by atoms with E-state index in [-0.39, 0.29) is 24.3 Å². The van der Waals surface area contributed by atoms with Crippen LogP contribution < -0.4 is 5.32 Å². The Hall–Kier alpha value is -0.670. The van der Waals surface area contributed by atoms with Crippen LogP contribution in [0.25, 0.3) is 0 Å². The van der Waals surface area contributed by atoms with Gasteiger partial charge in [0.15, 0.2) is 0 Å². The number of rotatable bonds is 4. The molecule has 4 heteroatoms. The fourth-order valence-corrected chi connectivity index (χ4v) is 1.62. The molecule has 0 amide bonds. The van der Waals surface area contributed by atoms with Crippen LogP contribution in [0.1, 0.15) is 26.3 Å². The van der Waals surface area contributed by atoms with E-state index in [9.17, 15) is 8.78 Å². The summed E-state index contributed by atoms with van der Waals surface area (Å²) in [4.78, 5) is 0. The molecule has 1 aromatic carbocycles. The van der Waals surface area contributed by atoms with Crippen molar-refractivity contribution < 1.29 is 8.78 Å². The van der Waals surface area contributed by atoms with Crippen LogP contribution in [0.15, 0.2) is 18.2 Å². The van der Waals surface area contributed by atoms with E-state index >= 15 is 0 Å². The zero-order valence-corrected chi connectivity index (χ0v) is 11.1. The first kappa shape index (κ1) is 14.4. The van der Waals surface area contributed by atoms with Gasteiger partial charge in [0.05, 0.1) is 0 Å². The maximum Gasteiger partial charge on any atom is 0.123 e. The van der Waals surface area contributed by atoms with Gasteiger partial charge in [0.2, 0.25) is 0 Å². The highest BCUT2D eigenvalue weighted by molar-refractivity contribution is 6.31. The third-order valence-electron chi connectivity index (χ3n) is 2.30. The average Bonchev–Trinajstić information content (AvgIpc) is 2.20. The fraction of sp³-hybridized carbons (Fsp3) is 0.538. The molecule has 0 spiro atoms. The molecule has 0 bridgehead atoms. The zero-order chi connectivity index (χ0) is 13.1. The topological polar surface area (TPSA) is 12.0 Å². The van der Waals surface area contributed by atoms with E-state index in [4.69, 9.17) is 11.6 Å². The third kappa shape index (κ3) is 5.46. The Morgan fingerprint density at radius 1 is 1.35 bits per heavy atom. The van der Waals surface area contributed by atoms with Gasteiger partial charge in [0.1, 0.15) is 12.0 Å². The van der Waals surface area contributed by atoms with Crippen LogP contribution in [0.5, 0.6) is 0 Å². The molecule has 1 nitrogen and oxygen atoms in total. The van der Waals surface area contributed by atoms with Gasteiger partial charge in [-0.1, -0.05) is 11.6 Å². The Labute approximate surface area is 106 Å². The van der Waals surface area contributed by atoms with E-state index in [0.29, 0.717) is 10.6 Å². The van der Waals surface area contributed by atoms with Gasteiger partial charge in [-0.25, -0.2) is 8.78 Å². The minimum absolute atomic E-state index is 0.125. The van der Waals surface area contributed by atoms with Crippen molar-refractivity contribution >= 4 is 11.6 Å². The minimum atomic E-state index is -1.08. The average molecular weight is 262 g/mol. The molecule has 1 rings (SSSR count). The highest BCUT2D eigenvalue weighted by Crippen LogP contribution is 2.19. The molecule has 1 atom stereocenters. The lowest BCUT2D eigenvalue weighted by Crippen LogP contribution is -2.40. The van der Waals surface area contributed by atoms with Gasteiger partial charge in [0, 0.05) is 23.5 Å². The third-order valence-corrected chi connectivity index (χ3v) is 2.67. The second kappa shape index (κ2) is 5.78. The summed E-state index contributed by atoms with van der Waals surface area (Å²) in [6, 6.07) is 4.01. The Morgan fingerprint density at radius 3 is 2.59 bits per heavy atom. The van der Waals surface area contributed by atoms with E-state index < -0.39 is 6.17 Å². The summed E-state index contributed by atoms with van der Waals surface area (Å²) in [5.41, 5.74) is 0.380. The summed E-state index contributed by atoms with van der Waals surface area (Å²) in [6.07, 6.45) is -0.951. The quantitative estimate of drug-likeness (QED) is 0.871. The predicted octanol–water partition coefficient (Wildman–Crippen LogP) is 3.75. The number of alkyl halides is 1. The molecule has 0 aliphatic heterocycles. The molecule has 0 aromatic heterocycles. The first-order valence-electron chi connectivity index (χ1n) is 5.61. The van der Waals surface area contributed by atoms with Gasteiger partial charge >= 0.3 is 0 Å². The molecule has 0 saturated carbocycles. The molecule has 1 unspecified atom stereocenters. The summed E-state index contributed by atoms with van der Waals surface area (Å²) < 4.78 is 26.7. The van der Waals surface area contributed by atoms with Crippen molar-refractivity contribution in [1.82, 2.24) is 5.32 Å². The second-order valence-corrected chi connectivity index (χ2v) is 5.58. The maximum absolute atomic E-state index is 13.7. The van der Waals surface area contributed by atoms with Crippen LogP contribution in [-0.4, -0.2) is 18.3 Å². The van der Waals surface area contributed by atoms with Crippen LogP contribution in [0.2, 0.25) is 5.02 Å². The van der Waals surface area contributed by atoms with Gasteiger partial charge in [0.25, 0.3) is 0 Å². The van der Waals surface area contributed by atoms with Crippen molar-refractivity contribution in [2.45, 2.75) is 38.9 Å². The van der Waals surface area contributed by atoms with Crippen molar-refractivity contribution in [3.05, 3.63) is 34.6 Å². The predicted molar refractivity (Wildman–Crippen MR) is 67.8 cm³/mol. The van der Waals surface area contributed by atoms with Crippen LogP contribution in [0.4, 0.5) is 8.78 Å². The number of hydrogen-bond acceptors (Lipinski definition) is 1. The highest BCUT2D eigenvalue weighted by Gasteiger charge is 2.15. The summed E-state index contributed by atoms with van der Waals surface area (Å²) >= 11 is 5.88. The van der Waals surface area contributed by atoms with Gasteiger partial charge in [-0.15, -0.1) is 0 Å². The van der Waals surface area contributed by atoms with E-state index in [0.717, 1.165) is 0 Å². The molecule has 17 heavy (non-hydrogen) atoms. The molecule has 0 saturated heterocycles. The Morgan fingerprint density at radius 2 is 2.00 bits per heavy atom. The molecule has 0 aliphatic rings. The minimum Gasteiger partial charge on any atom is -0.309 e. The molecule has 1 N–H and O–H groups in total. The molecule has 0 aliphatic carbocycles. The number of hydrogen-bond donors (Lipinski definition) is 1. The maximum atomic E-state index is 13.7. The standard InChI is InChI=1S/C13H18ClF2N/c1-13(2,3)17-8-11(16)7-9-6-10(15)4-5-12(9)14/h4-6,11,17H,7-8H2,1-3H3. The van der Waals surface area contributed by atoms with Gasteiger partial charge in [-0.05, 0) is 44.5 Å². The Kier molecular flexibility index (Phi) is 4.90. The van der Waals surface area contributed by atoms with E-state index in [1.165, 1.54) is 18.2 Å². The highest BCUT2D eigenvalue weighted by atomic mass is 35.5. The van der Waals surface area contributed by atoms with Crippen LogP contribution in [0.3, 0.4) is 0 Å². The lowest BCUT2D eigenvalue weighted by molar-refractivity contribution is 0.284. The molecule has 0 radical (unpaired) electrons. The van der Waals surface area contributed by atoms with Crippen molar-refractivity contribution in [3.8, 4) is 0 Å². The van der Waals surface area contributed by atoms with Gasteiger partial charge < -0.3 is 5.32 Å². The van der Waals surface area contributed by atoms with Crippen molar-refractivity contribution in [2.24, 2.45) is 0 Å². The second-order valence-electron chi connectivity index (χ2n) is 5.17. The fourth-order valence-electron chi connectivity index (χ4n) is 1.43. The lowest BCUT2D eigenvalue weighted by atomic mass is 10.1. The van der Waals surface area contributed by atoms with Crippen LogP contribution in [-0.2, 0) is 6.42 Å². The first-order valence-corrected chi connectivity index (χ1v) is 5.99. The molecule has 0 fully saturated rings. The molecular formula is C13H18ClF2N. The van der Waals surface area contributed by atoms with E-state index in [1.54, 1.807) is 0 Å². The Bertz CT molecular complexity index is 374. The van der Waals surface area contributed by atoms with Gasteiger partial charge in [-0.2, -0.15) is 0 Å². The van der Waals surface area contributed by atoms with Crippen LogP contribution in [0, 0.1) is 5.82 Å². The van der Waals surface area contributed by atoms with E-state index in [1.807, 2.05) is 20.8 Å². The summed E-state index contributed by atoms with van der Waals surface area (Å²) in [7, 11) is 0. The zero-order valence-electron chi connectivity index (χ0n) is 10.4. The smallest absolute Gasteiger partial charge is 0.123 e. The lowest BCUT2D eigenvalue weighted by Gasteiger charge is -2.22.